The number of amides is 1. The first kappa shape index (κ1) is 19.5. The molecule has 0 aromatic carbocycles. The van der Waals surface area contributed by atoms with Gasteiger partial charge in [0, 0.05) is 31.4 Å². The highest BCUT2D eigenvalue weighted by atomic mass is 16.4. The molecule has 142 valence electrons. The molecule has 0 radical (unpaired) electrons. The Morgan fingerprint density at radius 2 is 2.00 bits per heavy atom. The second-order valence-electron chi connectivity index (χ2n) is 6.59. The molecular formula is C16H30N6O3. The predicted octanol–water partition coefficient (Wildman–Crippen LogP) is -0.617. The molecule has 2 bridgehead atoms. The summed E-state index contributed by atoms with van der Waals surface area (Å²) >= 11 is 0. The zero-order valence-electron chi connectivity index (χ0n) is 14.6. The summed E-state index contributed by atoms with van der Waals surface area (Å²) in [5, 5.41) is 17.2. The zero-order chi connectivity index (χ0) is 18.1. The standard InChI is InChI=1S/C16H30N6O3/c17-13-10-12-11-22(21-20-12)9-5-2-6-14(16(24)25)18-7-3-1-4-8-19-15(13)23/h11,13-14,18,20-21H,1-10,17H2,(H,19,23)(H,24,25). The Labute approximate surface area is 148 Å². The molecule has 2 aliphatic heterocycles. The number of rotatable bonds is 1. The number of hydrazine groups is 2. The Morgan fingerprint density at radius 3 is 2.80 bits per heavy atom. The van der Waals surface area contributed by atoms with E-state index in [4.69, 9.17) is 5.73 Å². The molecule has 2 unspecified atom stereocenters. The fourth-order valence-corrected chi connectivity index (χ4v) is 2.94. The van der Waals surface area contributed by atoms with Crippen LogP contribution in [0.2, 0.25) is 0 Å². The molecule has 7 N–H and O–H groups in total. The van der Waals surface area contributed by atoms with Crippen LogP contribution in [-0.4, -0.2) is 53.7 Å². The Hall–Kier alpha value is -1.84. The van der Waals surface area contributed by atoms with Crippen LogP contribution in [-0.2, 0) is 9.59 Å². The molecule has 2 aliphatic rings. The first-order chi connectivity index (χ1) is 12.1. The van der Waals surface area contributed by atoms with E-state index in [2.05, 4.69) is 21.6 Å². The third-order valence-electron chi connectivity index (χ3n) is 4.43. The lowest BCUT2D eigenvalue weighted by Crippen LogP contribution is -2.42. The predicted molar refractivity (Wildman–Crippen MR) is 93.8 cm³/mol. The summed E-state index contributed by atoms with van der Waals surface area (Å²) in [6, 6.07) is -1.07. The molecular weight excluding hydrogens is 324 g/mol. The fourth-order valence-electron chi connectivity index (χ4n) is 2.94. The highest BCUT2D eigenvalue weighted by molar-refractivity contribution is 5.81. The van der Waals surface area contributed by atoms with Crippen molar-refractivity contribution in [2.24, 2.45) is 5.73 Å². The van der Waals surface area contributed by atoms with Crippen molar-refractivity contribution in [1.29, 1.82) is 0 Å². The van der Waals surface area contributed by atoms with Crippen LogP contribution in [0.4, 0.5) is 0 Å². The van der Waals surface area contributed by atoms with E-state index < -0.39 is 18.1 Å². The number of nitrogens with one attached hydrogen (secondary N) is 4. The number of carbonyl (C=O) groups excluding carboxylic acids is 1. The Balaban J connectivity index is 1.89. The number of carboxylic acid groups (broad SMARTS) is 1. The number of hydrogen-bond acceptors (Lipinski definition) is 7. The van der Waals surface area contributed by atoms with E-state index in [0.29, 0.717) is 25.9 Å². The fraction of sp³-hybridized carbons (Fsp3) is 0.750. The summed E-state index contributed by atoms with van der Waals surface area (Å²) < 4.78 is 0. The SMILES string of the molecule is NC1CC2=CN(CCCCC(C(=O)O)NCCCCCNC1=O)NN2. The molecule has 2 heterocycles. The minimum atomic E-state index is -0.793. The van der Waals surface area contributed by atoms with Crippen LogP contribution in [0.5, 0.6) is 0 Å². The van der Waals surface area contributed by atoms with Crippen molar-refractivity contribution in [3.05, 3.63) is 11.9 Å². The van der Waals surface area contributed by atoms with Gasteiger partial charge < -0.3 is 26.9 Å². The summed E-state index contributed by atoms with van der Waals surface area (Å²) in [6.07, 6.45) is 7.34. The smallest absolute Gasteiger partial charge is 0.320 e. The summed E-state index contributed by atoms with van der Waals surface area (Å²) in [4.78, 5) is 23.3. The number of nitrogens with two attached hydrogens (primary N) is 1. The van der Waals surface area contributed by atoms with Crippen molar-refractivity contribution in [2.75, 3.05) is 19.6 Å². The first-order valence-corrected chi connectivity index (χ1v) is 9.05. The van der Waals surface area contributed by atoms with Crippen molar-refractivity contribution in [1.82, 2.24) is 26.6 Å². The molecule has 0 saturated heterocycles. The maximum absolute atomic E-state index is 12.0. The van der Waals surface area contributed by atoms with Gasteiger partial charge in [-0.15, -0.1) is 5.53 Å². The molecule has 9 nitrogen and oxygen atoms in total. The average Bonchev–Trinajstić information content (AvgIpc) is 3.01. The van der Waals surface area contributed by atoms with Gasteiger partial charge in [-0.2, -0.15) is 0 Å². The number of nitrogens with zero attached hydrogens (tertiary/aromatic N) is 1. The lowest BCUT2D eigenvalue weighted by atomic mass is 10.1. The number of fused-ring (bicyclic) bond motifs is 1. The lowest BCUT2D eigenvalue weighted by Gasteiger charge is -2.17. The van der Waals surface area contributed by atoms with Gasteiger partial charge in [0.25, 0.3) is 0 Å². The maximum Gasteiger partial charge on any atom is 0.320 e. The van der Waals surface area contributed by atoms with Crippen molar-refractivity contribution in [3.63, 3.8) is 0 Å². The Morgan fingerprint density at radius 1 is 1.20 bits per heavy atom. The topological polar surface area (TPSA) is 132 Å². The van der Waals surface area contributed by atoms with Gasteiger partial charge >= 0.3 is 5.97 Å². The molecule has 0 aromatic heterocycles. The van der Waals surface area contributed by atoms with Crippen LogP contribution in [0.25, 0.3) is 0 Å². The van der Waals surface area contributed by atoms with Crippen LogP contribution in [0, 0.1) is 0 Å². The molecule has 0 aromatic rings. The Kier molecular flexibility index (Phi) is 7.96. The minimum Gasteiger partial charge on any atom is -0.480 e. The van der Waals surface area contributed by atoms with E-state index in [1.54, 1.807) is 0 Å². The molecule has 1 amide bonds. The van der Waals surface area contributed by atoms with Gasteiger partial charge in [-0.25, -0.2) is 0 Å². The molecule has 9 heteroatoms. The average molecular weight is 354 g/mol. The minimum absolute atomic E-state index is 0.147. The van der Waals surface area contributed by atoms with Gasteiger partial charge in [0.2, 0.25) is 5.91 Å². The quantitative estimate of drug-likeness (QED) is 0.367. The second kappa shape index (κ2) is 10.2. The van der Waals surface area contributed by atoms with Crippen LogP contribution < -0.4 is 27.3 Å². The monoisotopic (exact) mass is 354 g/mol. The van der Waals surface area contributed by atoms with Crippen LogP contribution >= 0.6 is 0 Å². The van der Waals surface area contributed by atoms with Gasteiger partial charge in [0.15, 0.2) is 0 Å². The zero-order valence-corrected chi connectivity index (χ0v) is 14.6. The van der Waals surface area contributed by atoms with Gasteiger partial charge in [-0.3, -0.25) is 14.6 Å². The highest BCUT2D eigenvalue weighted by Crippen LogP contribution is 2.09. The summed E-state index contributed by atoms with van der Waals surface area (Å²) in [6.45, 7) is 2.02. The van der Waals surface area contributed by atoms with Crippen LogP contribution in [0.3, 0.4) is 0 Å². The molecule has 0 aliphatic carbocycles. The molecule has 2 rings (SSSR count). The normalized spacial score (nSPS) is 27.5. The van der Waals surface area contributed by atoms with E-state index >= 15 is 0 Å². The number of hydrogen-bond donors (Lipinski definition) is 6. The van der Waals surface area contributed by atoms with Crippen molar-refractivity contribution in [2.45, 2.75) is 57.0 Å². The molecule has 0 fully saturated rings. The highest BCUT2D eigenvalue weighted by Gasteiger charge is 2.20. The van der Waals surface area contributed by atoms with Gasteiger partial charge in [0.1, 0.15) is 6.04 Å². The summed E-state index contributed by atoms with van der Waals surface area (Å²) in [5.74, 6) is -0.940. The summed E-state index contributed by atoms with van der Waals surface area (Å²) in [7, 11) is 0. The van der Waals surface area contributed by atoms with E-state index in [0.717, 1.165) is 44.3 Å². The number of aliphatic carboxylic acids is 1. The van der Waals surface area contributed by atoms with E-state index in [-0.39, 0.29) is 5.91 Å². The van der Waals surface area contributed by atoms with Gasteiger partial charge in [0.05, 0.1) is 6.04 Å². The van der Waals surface area contributed by atoms with E-state index in [9.17, 15) is 14.7 Å². The van der Waals surface area contributed by atoms with E-state index in [1.807, 2.05) is 11.2 Å². The Bertz CT molecular complexity index is 484. The van der Waals surface area contributed by atoms with Gasteiger partial charge in [-0.1, -0.05) is 6.42 Å². The van der Waals surface area contributed by atoms with Crippen molar-refractivity contribution in [3.8, 4) is 0 Å². The molecule has 0 spiro atoms. The summed E-state index contributed by atoms with van der Waals surface area (Å²) in [5.41, 5.74) is 12.9. The second-order valence-corrected chi connectivity index (χ2v) is 6.59. The third-order valence-corrected chi connectivity index (χ3v) is 4.43. The first-order valence-electron chi connectivity index (χ1n) is 9.05. The lowest BCUT2D eigenvalue weighted by molar-refractivity contribution is -0.139. The van der Waals surface area contributed by atoms with Crippen molar-refractivity contribution >= 4 is 11.9 Å². The largest absolute Gasteiger partial charge is 0.480 e. The number of carbonyl (C=O) groups is 2. The van der Waals surface area contributed by atoms with Crippen molar-refractivity contribution < 1.29 is 14.7 Å². The third kappa shape index (κ3) is 6.89. The molecule has 25 heavy (non-hydrogen) atoms. The van der Waals surface area contributed by atoms with Gasteiger partial charge in [-0.05, 0) is 38.6 Å². The number of carboxylic acids is 1. The van der Waals surface area contributed by atoms with Crippen LogP contribution in [0.15, 0.2) is 11.9 Å². The molecule has 0 saturated carbocycles. The van der Waals surface area contributed by atoms with E-state index in [1.165, 1.54) is 0 Å². The van der Waals surface area contributed by atoms with Crippen LogP contribution in [0.1, 0.15) is 44.9 Å². The maximum atomic E-state index is 12.0. The molecule has 2 atom stereocenters.